The molecular formula is C13H21N3. The minimum absolute atomic E-state index is 0.378. The van der Waals surface area contributed by atoms with Gasteiger partial charge in [-0.1, -0.05) is 20.8 Å². The van der Waals surface area contributed by atoms with Crippen molar-refractivity contribution in [3.63, 3.8) is 0 Å². The van der Waals surface area contributed by atoms with Crippen LogP contribution < -0.4 is 5.32 Å². The van der Waals surface area contributed by atoms with Crippen molar-refractivity contribution in [2.45, 2.75) is 46.5 Å². The zero-order chi connectivity index (χ0) is 11.6. The number of rotatable bonds is 3. The summed E-state index contributed by atoms with van der Waals surface area (Å²) in [4.78, 5) is 8.67. The van der Waals surface area contributed by atoms with Crippen molar-refractivity contribution in [1.29, 1.82) is 0 Å². The number of hydrogen-bond donors (Lipinski definition) is 1. The standard InChI is InChI=1S/C13H21N3/c1-13(2,3)7-8-14-12-10-5-4-6-11(10)15-9-16-12/h9H,4-8H2,1-3H3,(H,14,15,16). The van der Waals surface area contributed by atoms with E-state index < -0.39 is 0 Å². The number of hydrogen-bond acceptors (Lipinski definition) is 3. The lowest BCUT2D eigenvalue weighted by molar-refractivity contribution is 0.389. The molecule has 0 atom stereocenters. The molecule has 1 heterocycles. The highest BCUT2D eigenvalue weighted by Crippen LogP contribution is 2.25. The van der Waals surface area contributed by atoms with Crippen LogP contribution in [-0.2, 0) is 12.8 Å². The van der Waals surface area contributed by atoms with Gasteiger partial charge in [-0.2, -0.15) is 0 Å². The van der Waals surface area contributed by atoms with Gasteiger partial charge in [-0.05, 0) is 31.1 Å². The van der Waals surface area contributed by atoms with Gasteiger partial charge in [0, 0.05) is 17.8 Å². The molecule has 0 fully saturated rings. The third-order valence-electron chi connectivity index (χ3n) is 3.04. The van der Waals surface area contributed by atoms with Crippen LogP contribution in [0.5, 0.6) is 0 Å². The molecule has 0 amide bonds. The smallest absolute Gasteiger partial charge is 0.132 e. The summed E-state index contributed by atoms with van der Waals surface area (Å²) in [5.74, 6) is 1.06. The zero-order valence-electron chi connectivity index (χ0n) is 10.5. The number of nitrogens with one attached hydrogen (secondary N) is 1. The van der Waals surface area contributed by atoms with E-state index in [0.717, 1.165) is 31.6 Å². The number of anilines is 1. The molecule has 3 heteroatoms. The van der Waals surface area contributed by atoms with Gasteiger partial charge in [0.25, 0.3) is 0 Å². The molecule has 0 aromatic carbocycles. The van der Waals surface area contributed by atoms with Crippen LogP contribution in [0, 0.1) is 5.41 Å². The molecular weight excluding hydrogens is 198 g/mol. The Hall–Kier alpha value is -1.12. The number of fused-ring (bicyclic) bond motifs is 1. The summed E-state index contributed by atoms with van der Waals surface area (Å²) in [6, 6.07) is 0. The molecule has 0 aliphatic heterocycles. The van der Waals surface area contributed by atoms with Gasteiger partial charge in [0.1, 0.15) is 12.1 Å². The van der Waals surface area contributed by atoms with E-state index in [2.05, 4.69) is 36.1 Å². The van der Waals surface area contributed by atoms with Crippen molar-refractivity contribution in [2.24, 2.45) is 5.41 Å². The minimum Gasteiger partial charge on any atom is -0.370 e. The fourth-order valence-corrected chi connectivity index (χ4v) is 2.07. The van der Waals surface area contributed by atoms with Crippen LogP contribution in [0.2, 0.25) is 0 Å². The van der Waals surface area contributed by atoms with Crippen LogP contribution in [0.1, 0.15) is 44.9 Å². The van der Waals surface area contributed by atoms with Gasteiger partial charge in [0.15, 0.2) is 0 Å². The highest BCUT2D eigenvalue weighted by atomic mass is 15.0. The number of aryl methyl sites for hydroxylation is 1. The quantitative estimate of drug-likeness (QED) is 0.849. The maximum Gasteiger partial charge on any atom is 0.132 e. The van der Waals surface area contributed by atoms with E-state index in [-0.39, 0.29) is 0 Å². The largest absolute Gasteiger partial charge is 0.370 e. The predicted octanol–water partition coefficient (Wildman–Crippen LogP) is 2.81. The Morgan fingerprint density at radius 1 is 1.25 bits per heavy atom. The predicted molar refractivity (Wildman–Crippen MR) is 66.6 cm³/mol. The van der Waals surface area contributed by atoms with Crippen LogP contribution in [0.3, 0.4) is 0 Å². The molecule has 0 unspecified atom stereocenters. The van der Waals surface area contributed by atoms with Crippen LogP contribution in [0.15, 0.2) is 6.33 Å². The van der Waals surface area contributed by atoms with E-state index in [0.29, 0.717) is 5.41 Å². The maximum atomic E-state index is 4.35. The van der Waals surface area contributed by atoms with E-state index >= 15 is 0 Å². The second-order valence-electron chi connectivity index (χ2n) is 5.74. The van der Waals surface area contributed by atoms with Crippen molar-refractivity contribution in [1.82, 2.24) is 9.97 Å². The monoisotopic (exact) mass is 219 g/mol. The molecule has 1 aliphatic carbocycles. The summed E-state index contributed by atoms with van der Waals surface area (Å²) in [7, 11) is 0. The van der Waals surface area contributed by atoms with Gasteiger partial charge in [0.2, 0.25) is 0 Å². The van der Waals surface area contributed by atoms with E-state index in [1.165, 1.54) is 17.7 Å². The first kappa shape index (κ1) is 11.4. The third kappa shape index (κ3) is 2.71. The van der Waals surface area contributed by atoms with E-state index in [9.17, 15) is 0 Å². The maximum absolute atomic E-state index is 4.35. The lowest BCUT2D eigenvalue weighted by atomic mass is 9.92. The van der Waals surface area contributed by atoms with Crippen molar-refractivity contribution in [2.75, 3.05) is 11.9 Å². The Kier molecular flexibility index (Phi) is 3.13. The molecule has 0 bridgehead atoms. The molecule has 0 radical (unpaired) electrons. The van der Waals surface area contributed by atoms with E-state index in [1.807, 2.05) is 0 Å². The fourth-order valence-electron chi connectivity index (χ4n) is 2.07. The van der Waals surface area contributed by atoms with Gasteiger partial charge in [-0.3, -0.25) is 0 Å². The Labute approximate surface area is 97.7 Å². The van der Waals surface area contributed by atoms with Crippen molar-refractivity contribution in [3.8, 4) is 0 Å². The Balaban J connectivity index is 1.98. The molecule has 1 N–H and O–H groups in total. The summed E-state index contributed by atoms with van der Waals surface area (Å²) in [6.45, 7) is 7.78. The van der Waals surface area contributed by atoms with Gasteiger partial charge in [-0.25, -0.2) is 9.97 Å². The summed E-state index contributed by atoms with van der Waals surface area (Å²) in [5, 5.41) is 3.45. The highest BCUT2D eigenvalue weighted by molar-refractivity contribution is 5.47. The van der Waals surface area contributed by atoms with E-state index in [1.54, 1.807) is 6.33 Å². The average Bonchev–Trinajstić information content (AvgIpc) is 2.64. The summed E-state index contributed by atoms with van der Waals surface area (Å²) >= 11 is 0. The first-order chi connectivity index (χ1) is 7.56. The third-order valence-corrected chi connectivity index (χ3v) is 3.04. The number of nitrogens with zero attached hydrogens (tertiary/aromatic N) is 2. The molecule has 1 aromatic heterocycles. The van der Waals surface area contributed by atoms with Crippen LogP contribution in [0.4, 0.5) is 5.82 Å². The average molecular weight is 219 g/mol. The molecule has 1 aromatic rings. The first-order valence-corrected chi connectivity index (χ1v) is 6.13. The molecule has 88 valence electrons. The normalized spacial score (nSPS) is 14.9. The molecule has 1 aliphatic rings. The Morgan fingerprint density at radius 2 is 2.06 bits per heavy atom. The highest BCUT2D eigenvalue weighted by Gasteiger charge is 2.17. The van der Waals surface area contributed by atoms with Crippen molar-refractivity contribution in [3.05, 3.63) is 17.6 Å². The molecule has 0 spiro atoms. The SMILES string of the molecule is CC(C)(C)CCNc1ncnc2c1CCC2. The Bertz CT molecular complexity index is 366. The lowest BCUT2D eigenvalue weighted by Gasteiger charge is -2.18. The van der Waals surface area contributed by atoms with Gasteiger partial charge in [-0.15, -0.1) is 0 Å². The molecule has 3 nitrogen and oxygen atoms in total. The second-order valence-corrected chi connectivity index (χ2v) is 5.74. The second kappa shape index (κ2) is 4.40. The summed E-state index contributed by atoms with van der Waals surface area (Å²) in [5.41, 5.74) is 2.97. The zero-order valence-corrected chi connectivity index (χ0v) is 10.5. The summed E-state index contributed by atoms with van der Waals surface area (Å²) in [6.07, 6.45) is 6.32. The van der Waals surface area contributed by atoms with Gasteiger partial charge >= 0.3 is 0 Å². The summed E-state index contributed by atoms with van der Waals surface area (Å²) < 4.78 is 0. The minimum atomic E-state index is 0.378. The molecule has 16 heavy (non-hydrogen) atoms. The fraction of sp³-hybridized carbons (Fsp3) is 0.692. The van der Waals surface area contributed by atoms with Crippen LogP contribution in [-0.4, -0.2) is 16.5 Å². The van der Waals surface area contributed by atoms with Crippen molar-refractivity contribution >= 4 is 5.82 Å². The molecule has 0 saturated heterocycles. The molecule has 0 saturated carbocycles. The van der Waals surface area contributed by atoms with Crippen LogP contribution >= 0.6 is 0 Å². The van der Waals surface area contributed by atoms with Gasteiger partial charge < -0.3 is 5.32 Å². The first-order valence-electron chi connectivity index (χ1n) is 6.13. The Morgan fingerprint density at radius 3 is 2.81 bits per heavy atom. The van der Waals surface area contributed by atoms with E-state index in [4.69, 9.17) is 0 Å². The number of aromatic nitrogens is 2. The lowest BCUT2D eigenvalue weighted by Crippen LogP contribution is -2.14. The molecule has 2 rings (SSSR count). The van der Waals surface area contributed by atoms with Crippen molar-refractivity contribution < 1.29 is 0 Å². The topological polar surface area (TPSA) is 37.8 Å². The van der Waals surface area contributed by atoms with Crippen LogP contribution in [0.25, 0.3) is 0 Å². The van der Waals surface area contributed by atoms with Gasteiger partial charge in [0.05, 0.1) is 0 Å².